The van der Waals surface area contributed by atoms with Crippen molar-refractivity contribution in [1.29, 1.82) is 0 Å². The van der Waals surface area contributed by atoms with Gasteiger partial charge in [-0.15, -0.1) is 0 Å². The summed E-state index contributed by atoms with van der Waals surface area (Å²) in [4.78, 5) is 20.8. The molecule has 228 valence electrons. The SMILES string of the molecule is CCO.CCOPCc1ccc(Nc2ncc(C(F)(F)F)c(Nc3ccc(C4CCCCC4)cc3C(=O)NC)n2)cc1. The van der Waals surface area contributed by atoms with Crippen LogP contribution in [0.25, 0.3) is 0 Å². The molecule has 8 nitrogen and oxygen atoms in total. The van der Waals surface area contributed by atoms with Crippen molar-refractivity contribution < 1.29 is 27.6 Å². The number of carbonyl (C=O) groups is 1. The lowest BCUT2D eigenvalue weighted by atomic mass is 9.83. The molecule has 4 N–H and O–H groups in total. The van der Waals surface area contributed by atoms with E-state index in [0.29, 0.717) is 27.0 Å². The first-order chi connectivity index (χ1) is 20.2. The number of amides is 1. The summed E-state index contributed by atoms with van der Waals surface area (Å²) in [7, 11) is 1.86. The summed E-state index contributed by atoms with van der Waals surface area (Å²) in [6, 6.07) is 12.8. The van der Waals surface area contributed by atoms with Crippen molar-refractivity contribution in [2.24, 2.45) is 0 Å². The van der Waals surface area contributed by atoms with E-state index in [1.807, 2.05) is 37.3 Å². The highest BCUT2D eigenvalue weighted by atomic mass is 31.1. The van der Waals surface area contributed by atoms with Crippen molar-refractivity contribution in [3.63, 3.8) is 0 Å². The number of benzene rings is 2. The fourth-order valence-corrected chi connectivity index (χ4v) is 5.34. The number of alkyl halides is 3. The number of anilines is 4. The summed E-state index contributed by atoms with van der Waals surface area (Å²) >= 11 is 0. The van der Waals surface area contributed by atoms with Crippen molar-refractivity contribution in [2.75, 3.05) is 30.9 Å². The van der Waals surface area contributed by atoms with Gasteiger partial charge in [0.1, 0.15) is 11.4 Å². The van der Waals surface area contributed by atoms with Crippen molar-refractivity contribution in [2.45, 2.75) is 64.2 Å². The molecule has 3 aromatic rings. The largest absolute Gasteiger partial charge is 0.421 e. The number of aliphatic hydroxyl groups is 1. The highest BCUT2D eigenvalue weighted by Gasteiger charge is 2.35. The van der Waals surface area contributed by atoms with Gasteiger partial charge in [-0.2, -0.15) is 18.2 Å². The number of nitrogens with one attached hydrogen (secondary N) is 3. The van der Waals surface area contributed by atoms with Crippen LogP contribution in [0.1, 0.15) is 78.9 Å². The molecule has 2 aromatic carbocycles. The molecule has 0 saturated heterocycles. The second kappa shape index (κ2) is 16.4. The van der Waals surface area contributed by atoms with E-state index in [-0.39, 0.29) is 29.7 Å². The van der Waals surface area contributed by atoms with Crippen molar-refractivity contribution in [3.05, 3.63) is 70.9 Å². The van der Waals surface area contributed by atoms with Gasteiger partial charge in [0.2, 0.25) is 5.95 Å². The fraction of sp³-hybridized carbons (Fsp3) is 0.433. The molecule has 1 unspecified atom stereocenters. The van der Waals surface area contributed by atoms with E-state index in [1.165, 1.54) is 13.5 Å². The standard InChI is InChI=1S/C28H33F3N5O2P.C2H6O/c1-3-38-39-17-18-9-12-21(13-10-18)34-27-33-16-23(28(29,30)31)25(36-27)35-24-14-11-20(15-22(24)26(37)32-2)19-7-5-4-6-8-19;1-2-3/h9-16,19,39H,3-8,17H2,1-2H3,(H,32,37)(H2,33,34,35,36);3H,2H2,1H3. The van der Waals surface area contributed by atoms with E-state index in [9.17, 15) is 18.0 Å². The Morgan fingerprint density at radius 3 is 2.38 bits per heavy atom. The Morgan fingerprint density at radius 2 is 1.76 bits per heavy atom. The molecule has 1 amide bonds. The topological polar surface area (TPSA) is 108 Å². The molecule has 1 atom stereocenters. The van der Waals surface area contributed by atoms with Crippen molar-refractivity contribution in [1.82, 2.24) is 15.3 Å². The van der Waals surface area contributed by atoms with Crippen LogP contribution < -0.4 is 16.0 Å². The molecule has 12 heteroatoms. The first-order valence-electron chi connectivity index (χ1n) is 14.1. The lowest BCUT2D eigenvalue weighted by molar-refractivity contribution is -0.137. The smallest absolute Gasteiger partial charge is 0.397 e. The molecular weight excluding hydrogens is 566 g/mol. The fourth-order valence-electron chi connectivity index (χ4n) is 4.63. The molecule has 0 bridgehead atoms. The minimum atomic E-state index is -4.70. The van der Waals surface area contributed by atoms with Crippen LogP contribution in [0.15, 0.2) is 48.7 Å². The molecule has 0 radical (unpaired) electrons. The Bertz CT molecular complexity index is 1290. The number of nitrogens with zero attached hydrogens (tertiary/aromatic N) is 2. The number of rotatable bonds is 10. The molecule has 1 aromatic heterocycles. The summed E-state index contributed by atoms with van der Waals surface area (Å²) in [6.07, 6.45) is 2.35. The molecular formula is C30H39F3N5O3P. The molecule has 0 aliphatic heterocycles. The van der Waals surface area contributed by atoms with Crippen LogP contribution in [-0.2, 0) is 16.9 Å². The number of aliphatic hydroxyl groups excluding tert-OH is 1. The Hall–Kier alpha value is -3.27. The maximum absolute atomic E-state index is 13.9. The lowest BCUT2D eigenvalue weighted by Gasteiger charge is -2.23. The Labute approximate surface area is 246 Å². The van der Waals surface area contributed by atoms with Gasteiger partial charge in [0.25, 0.3) is 5.91 Å². The van der Waals surface area contributed by atoms with E-state index in [4.69, 9.17) is 9.63 Å². The van der Waals surface area contributed by atoms with Gasteiger partial charge >= 0.3 is 6.18 Å². The number of hydrogen-bond acceptors (Lipinski definition) is 7. The molecule has 1 saturated carbocycles. The van der Waals surface area contributed by atoms with Gasteiger partial charge < -0.3 is 25.6 Å². The second-order valence-corrected chi connectivity index (χ2v) is 10.6. The van der Waals surface area contributed by atoms with E-state index >= 15 is 0 Å². The van der Waals surface area contributed by atoms with Crippen LogP contribution in [-0.4, -0.2) is 41.2 Å². The summed E-state index contributed by atoms with van der Waals surface area (Å²) in [5.41, 5.74) is 2.21. The number of halogens is 3. The van der Waals surface area contributed by atoms with Gasteiger partial charge in [0, 0.05) is 47.1 Å². The molecule has 0 spiro atoms. The number of hydrogen-bond donors (Lipinski definition) is 4. The van der Waals surface area contributed by atoms with Crippen LogP contribution in [0.2, 0.25) is 0 Å². The monoisotopic (exact) mass is 605 g/mol. The zero-order chi connectivity index (χ0) is 30.5. The zero-order valence-electron chi connectivity index (χ0n) is 24.1. The highest BCUT2D eigenvalue weighted by molar-refractivity contribution is 7.31. The Kier molecular flexibility index (Phi) is 13.0. The van der Waals surface area contributed by atoms with Gasteiger partial charge in [-0.1, -0.05) is 37.5 Å². The molecule has 1 aliphatic carbocycles. The van der Waals surface area contributed by atoms with E-state index in [2.05, 4.69) is 25.9 Å². The molecule has 1 aliphatic rings. The zero-order valence-corrected chi connectivity index (χ0v) is 25.1. The third-order valence-electron chi connectivity index (χ3n) is 6.67. The molecule has 1 heterocycles. The van der Waals surface area contributed by atoms with E-state index < -0.39 is 17.6 Å². The van der Waals surface area contributed by atoms with Gasteiger partial charge in [0.05, 0.1) is 11.3 Å². The van der Waals surface area contributed by atoms with Crippen LogP contribution >= 0.6 is 8.81 Å². The summed E-state index contributed by atoms with van der Waals surface area (Å²) in [6.45, 7) is 4.54. The van der Waals surface area contributed by atoms with Gasteiger partial charge in [0.15, 0.2) is 0 Å². The van der Waals surface area contributed by atoms with Crippen LogP contribution in [0.3, 0.4) is 0 Å². The maximum atomic E-state index is 13.9. The maximum Gasteiger partial charge on any atom is 0.421 e. The Balaban J connectivity index is 0.00000155. The second-order valence-electron chi connectivity index (χ2n) is 9.69. The van der Waals surface area contributed by atoms with Gasteiger partial charge in [-0.05, 0) is 68.0 Å². The normalized spacial score (nSPS) is 13.9. The van der Waals surface area contributed by atoms with Gasteiger partial charge in [-0.25, -0.2) is 4.98 Å². The summed E-state index contributed by atoms with van der Waals surface area (Å²) < 4.78 is 47.1. The first-order valence-corrected chi connectivity index (χ1v) is 15.2. The molecule has 1 fully saturated rings. The van der Waals surface area contributed by atoms with E-state index in [0.717, 1.165) is 49.2 Å². The third-order valence-corrected chi connectivity index (χ3v) is 7.72. The van der Waals surface area contributed by atoms with E-state index in [1.54, 1.807) is 19.1 Å². The Morgan fingerprint density at radius 1 is 1.07 bits per heavy atom. The lowest BCUT2D eigenvalue weighted by Crippen LogP contribution is -2.20. The van der Waals surface area contributed by atoms with Crippen LogP contribution in [0.4, 0.5) is 36.3 Å². The third kappa shape index (κ3) is 9.64. The highest BCUT2D eigenvalue weighted by Crippen LogP contribution is 2.38. The average Bonchev–Trinajstić information content (AvgIpc) is 2.98. The first kappa shape index (κ1) is 33.2. The predicted molar refractivity (Wildman–Crippen MR) is 162 cm³/mol. The number of aromatic nitrogens is 2. The van der Waals surface area contributed by atoms with Crippen LogP contribution in [0, 0.1) is 0 Å². The minimum Gasteiger partial charge on any atom is -0.397 e. The number of carbonyl (C=O) groups excluding carboxylic acids is 1. The minimum absolute atomic E-state index is 0.00485. The average molecular weight is 606 g/mol. The molecule has 4 rings (SSSR count). The van der Waals surface area contributed by atoms with Crippen molar-refractivity contribution in [3.8, 4) is 0 Å². The summed E-state index contributed by atoms with van der Waals surface area (Å²) in [5, 5.41) is 15.9. The van der Waals surface area contributed by atoms with Crippen molar-refractivity contribution >= 4 is 37.9 Å². The quantitative estimate of drug-likeness (QED) is 0.140. The predicted octanol–water partition coefficient (Wildman–Crippen LogP) is 7.52. The molecule has 42 heavy (non-hydrogen) atoms. The van der Waals surface area contributed by atoms with Gasteiger partial charge in [-0.3, -0.25) is 4.79 Å². The van der Waals surface area contributed by atoms with Crippen LogP contribution in [0.5, 0.6) is 0 Å². The summed E-state index contributed by atoms with van der Waals surface area (Å²) in [5.74, 6) is -0.496.